The van der Waals surface area contributed by atoms with Crippen molar-refractivity contribution in [3.05, 3.63) is 39.7 Å². The summed E-state index contributed by atoms with van der Waals surface area (Å²) in [6, 6.07) is 7.08. The third kappa shape index (κ3) is 3.55. The highest BCUT2D eigenvalue weighted by Gasteiger charge is 2.18. The van der Waals surface area contributed by atoms with Crippen LogP contribution in [0.4, 0.5) is 5.00 Å². The highest BCUT2D eigenvalue weighted by atomic mass is 79.9. The third-order valence-electron chi connectivity index (χ3n) is 2.49. The predicted octanol–water partition coefficient (Wildman–Crippen LogP) is 3.02. The molecule has 0 aliphatic heterocycles. The number of anilines is 1. The number of rotatable bonds is 5. The number of thiophene rings is 1. The Bertz CT molecular complexity index is 785. The van der Waals surface area contributed by atoms with Gasteiger partial charge in [0.05, 0.1) is 16.5 Å². The summed E-state index contributed by atoms with van der Waals surface area (Å²) in [5.41, 5.74) is 0. The number of carbonyl (C=O) groups is 1. The van der Waals surface area contributed by atoms with E-state index < -0.39 is 16.0 Å². The molecule has 0 unspecified atom stereocenters. The first-order chi connectivity index (χ1) is 9.83. The Labute approximate surface area is 133 Å². The van der Waals surface area contributed by atoms with E-state index in [1.54, 1.807) is 0 Å². The first kappa shape index (κ1) is 15.8. The highest BCUT2D eigenvalue weighted by Crippen LogP contribution is 2.29. The number of sulfonamides is 1. The van der Waals surface area contributed by atoms with E-state index in [0.717, 1.165) is 11.3 Å². The number of nitrogens with one attached hydrogen (secondary N) is 1. The minimum Gasteiger partial charge on any atom is -0.496 e. The van der Waals surface area contributed by atoms with Crippen LogP contribution in [0.15, 0.2) is 39.7 Å². The SMILES string of the molecule is COc1ccc(S(=O)(=O)Nc2ccc(C(=O)O)s2)cc1Br. The summed E-state index contributed by atoms with van der Waals surface area (Å²) in [5.74, 6) is -0.587. The van der Waals surface area contributed by atoms with E-state index in [-0.39, 0.29) is 14.8 Å². The fourth-order valence-corrected chi connectivity index (χ4v) is 4.27. The molecule has 1 aromatic carbocycles. The van der Waals surface area contributed by atoms with Gasteiger partial charge in [0.25, 0.3) is 10.0 Å². The molecule has 0 aliphatic carbocycles. The molecule has 1 heterocycles. The first-order valence-corrected chi connectivity index (χ1v) is 8.62. The van der Waals surface area contributed by atoms with Crippen molar-refractivity contribution in [2.75, 3.05) is 11.8 Å². The molecule has 0 radical (unpaired) electrons. The van der Waals surface area contributed by atoms with Gasteiger partial charge in [-0.2, -0.15) is 0 Å². The standard InChI is InChI=1S/C12H10BrNO5S2/c1-19-9-3-2-7(6-8(9)13)21(17,18)14-11-5-4-10(20-11)12(15)16/h2-6,14H,1H3,(H,15,16). The summed E-state index contributed by atoms with van der Waals surface area (Å²) < 4.78 is 32.3. The van der Waals surface area contributed by atoms with Gasteiger partial charge < -0.3 is 9.84 Å². The van der Waals surface area contributed by atoms with Crippen LogP contribution in [0.2, 0.25) is 0 Å². The van der Waals surface area contributed by atoms with Gasteiger partial charge in [-0.05, 0) is 46.3 Å². The predicted molar refractivity (Wildman–Crippen MR) is 82.8 cm³/mol. The van der Waals surface area contributed by atoms with Gasteiger partial charge in [-0.1, -0.05) is 0 Å². The van der Waals surface area contributed by atoms with Crippen molar-refractivity contribution in [1.82, 2.24) is 0 Å². The topological polar surface area (TPSA) is 92.7 Å². The van der Waals surface area contributed by atoms with Crippen molar-refractivity contribution in [1.29, 1.82) is 0 Å². The van der Waals surface area contributed by atoms with Gasteiger partial charge in [0.2, 0.25) is 0 Å². The summed E-state index contributed by atoms with van der Waals surface area (Å²) in [7, 11) is -2.31. The Morgan fingerprint density at radius 1 is 1.33 bits per heavy atom. The average molecular weight is 392 g/mol. The maximum atomic E-state index is 12.2. The van der Waals surface area contributed by atoms with Crippen molar-refractivity contribution in [2.45, 2.75) is 4.90 Å². The van der Waals surface area contributed by atoms with Crippen LogP contribution in [0, 0.1) is 0 Å². The summed E-state index contributed by atoms with van der Waals surface area (Å²) in [6.45, 7) is 0. The Kier molecular flexibility index (Phi) is 4.55. The largest absolute Gasteiger partial charge is 0.496 e. The van der Waals surface area contributed by atoms with Gasteiger partial charge in [-0.15, -0.1) is 11.3 Å². The lowest BCUT2D eigenvalue weighted by atomic mass is 10.3. The minimum atomic E-state index is -3.79. The van der Waals surface area contributed by atoms with Crippen LogP contribution in [0.5, 0.6) is 5.75 Å². The molecule has 9 heteroatoms. The number of methoxy groups -OCH3 is 1. The molecule has 21 heavy (non-hydrogen) atoms. The van der Waals surface area contributed by atoms with Crippen LogP contribution >= 0.6 is 27.3 Å². The van der Waals surface area contributed by atoms with Crippen LogP contribution < -0.4 is 9.46 Å². The molecule has 2 rings (SSSR count). The van der Waals surface area contributed by atoms with E-state index in [1.165, 1.54) is 37.4 Å². The van der Waals surface area contributed by atoms with E-state index in [4.69, 9.17) is 9.84 Å². The number of halogens is 1. The average Bonchev–Trinajstić information content (AvgIpc) is 2.86. The van der Waals surface area contributed by atoms with Crippen LogP contribution in [-0.4, -0.2) is 26.6 Å². The Balaban J connectivity index is 2.29. The molecule has 0 spiro atoms. The number of aromatic carboxylic acids is 1. The van der Waals surface area contributed by atoms with Gasteiger partial charge in [-0.3, -0.25) is 4.72 Å². The van der Waals surface area contributed by atoms with Crippen molar-refractivity contribution >= 4 is 48.3 Å². The van der Waals surface area contributed by atoms with Crippen molar-refractivity contribution in [3.63, 3.8) is 0 Å². The van der Waals surface area contributed by atoms with E-state index in [1.807, 2.05) is 0 Å². The second-order valence-corrected chi connectivity index (χ2v) is 7.49. The summed E-state index contributed by atoms with van der Waals surface area (Å²) in [4.78, 5) is 10.9. The molecule has 0 aliphatic rings. The van der Waals surface area contributed by atoms with Gasteiger partial charge >= 0.3 is 5.97 Å². The number of carboxylic acid groups (broad SMARTS) is 1. The van der Waals surface area contributed by atoms with Crippen molar-refractivity contribution in [3.8, 4) is 5.75 Å². The molecule has 0 bridgehead atoms. The summed E-state index contributed by atoms with van der Waals surface area (Å²) in [5, 5.41) is 9.06. The van der Waals surface area contributed by atoms with E-state index in [2.05, 4.69) is 20.7 Å². The van der Waals surface area contributed by atoms with Gasteiger partial charge in [-0.25, -0.2) is 13.2 Å². The monoisotopic (exact) mass is 391 g/mol. The number of benzene rings is 1. The molecule has 1 aromatic heterocycles. The molecule has 6 nitrogen and oxygen atoms in total. The smallest absolute Gasteiger partial charge is 0.345 e. The molecule has 0 saturated carbocycles. The molecule has 112 valence electrons. The molecule has 0 amide bonds. The molecular formula is C12H10BrNO5S2. The van der Waals surface area contributed by atoms with Crippen molar-refractivity contribution < 1.29 is 23.1 Å². The lowest BCUT2D eigenvalue weighted by Crippen LogP contribution is -2.12. The molecule has 0 saturated heterocycles. The van der Waals surface area contributed by atoms with E-state index >= 15 is 0 Å². The molecule has 2 aromatic rings. The number of hydrogen-bond acceptors (Lipinski definition) is 5. The lowest BCUT2D eigenvalue weighted by molar-refractivity contribution is 0.0702. The summed E-state index contributed by atoms with van der Waals surface area (Å²) >= 11 is 4.06. The molecule has 0 fully saturated rings. The molecule has 0 atom stereocenters. The van der Waals surface area contributed by atoms with Gasteiger partial charge in [0.1, 0.15) is 15.6 Å². The van der Waals surface area contributed by atoms with Crippen LogP contribution in [0.1, 0.15) is 9.67 Å². The lowest BCUT2D eigenvalue weighted by Gasteiger charge is -2.08. The van der Waals surface area contributed by atoms with E-state index in [0.29, 0.717) is 10.2 Å². The molecule has 2 N–H and O–H groups in total. The number of carboxylic acids is 1. The van der Waals surface area contributed by atoms with Crippen LogP contribution in [0.3, 0.4) is 0 Å². The van der Waals surface area contributed by atoms with Crippen molar-refractivity contribution in [2.24, 2.45) is 0 Å². The quantitative estimate of drug-likeness (QED) is 0.816. The van der Waals surface area contributed by atoms with Gasteiger partial charge in [0, 0.05) is 0 Å². The Morgan fingerprint density at radius 3 is 2.57 bits per heavy atom. The fourth-order valence-electron chi connectivity index (χ4n) is 1.51. The van der Waals surface area contributed by atoms with Crippen LogP contribution in [-0.2, 0) is 10.0 Å². The van der Waals surface area contributed by atoms with E-state index in [9.17, 15) is 13.2 Å². The highest BCUT2D eigenvalue weighted by molar-refractivity contribution is 9.10. The third-order valence-corrected chi connectivity index (χ3v) is 5.59. The van der Waals surface area contributed by atoms with Gasteiger partial charge in [0.15, 0.2) is 0 Å². The number of ether oxygens (including phenoxy) is 1. The molecular weight excluding hydrogens is 382 g/mol. The zero-order valence-electron chi connectivity index (χ0n) is 10.7. The zero-order chi connectivity index (χ0) is 15.6. The minimum absolute atomic E-state index is 0.0421. The Hall–Kier alpha value is -1.58. The van der Waals surface area contributed by atoms with Crippen LogP contribution in [0.25, 0.3) is 0 Å². The first-order valence-electron chi connectivity index (χ1n) is 5.53. The Morgan fingerprint density at radius 2 is 2.05 bits per heavy atom. The maximum Gasteiger partial charge on any atom is 0.345 e. The summed E-state index contributed by atoms with van der Waals surface area (Å²) in [6.07, 6.45) is 0. The second kappa shape index (κ2) is 6.04. The fraction of sp³-hybridized carbons (Fsp3) is 0.0833. The normalized spacial score (nSPS) is 11.1. The zero-order valence-corrected chi connectivity index (χ0v) is 13.9. The maximum absolute atomic E-state index is 12.2. The number of hydrogen-bond donors (Lipinski definition) is 2. The second-order valence-electron chi connectivity index (χ2n) is 3.87.